The normalized spacial score (nSPS) is 23.6. The Balaban J connectivity index is 2.16. The molecule has 0 saturated carbocycles. The quantitative estimate of drug-likeness (QED) is 0.607. The van der Waals surface area contributed by atoms with Crippen molar-refractivity contribution in [1.29, 1.82) is 0 Å². The van der Waals surface area contributed by atoms with E-state index in [0.29, 0.717) is 5.92 Å². The van der Waals surface area contributed by atoms with Gasteiger partial charge in [-0.05, 0) is 30.5 Å². The lowest BCUT2D eigenvalue weighted by molar-refractivity contribution is 0.827. The maximum absolute atomic E-state index is 2.30. The summed E-state index contributed by atoms with van der Waals surface area (Å²) in [5, 5.41) is 0. The second-order valence-corrected chi connectivity index (χ2v) is 4.96. The van der Waals surface area contributed by atoms with Gasteiger partial charge in [0.05, 0.1) is 0 Å². The molecule has 1 aliphatic carbocycles. The first-order valence-electron chi connectivity index (χ1n) is 5.00. The third kappa shape index (κ3) is 1.09. The highest BCUT2D eigenvalue weighted by Gasteiger charge is 2.29. The van der Waals surface area contributed by atoms with Gasteiger partial charge in [-0.15, -0.1) is 0 Å². The summed E-state index contributed by atoms with van der Waals surface area (Å²) in [6, 6.07) is 8.79. The van der Waals surface area contributed by atoms with Crippen LogP contribution in [0.15, 0.2) is 51.8 Å². The summed E-state index contributed by atoms with van der Waals surface area (Å²) in [7, 11) is 0. The lowest BCUT2D eigenvalue weighted by Gasteiger charge is -2.16. The molecule has 1 heteroatoms. The highest BCUT2D eigenvalue weighted by atomic mass is 32.2. The molecule has 1 heterocycles. The van der Waals surface area contributed by atoms with Gasteiger partial charge in [0, 0.05) is 15.7 Å². The minimum absolute atomic E-state index is 0.654. The predicted molar refractivity (Wildman–Crippen MR) is 61.5 cm³/mol. The van der Waals surface area contributed by atoms with Gasteiger partial charge in [0.15, 0.2) is 0 Å². The molecule has 1 aromatic carbocycles. The molecule has 0 saturated heterocycles. The van der Waals surface area contributed by atoms with E-state index in [-0.39, 0.29) is 0 Å². The van der Waals surface area contributed by atoms with Crippen molar-refractivity contribution in [2.75, 3.05) is 0 Å². The third-order valence-corrected chi connectivity index (χ3v) is 4.38. The molecule has 0 amide bonds. The van der Waals surface area contributed by atoms with Crippen LogP contribution in [0.2, 0.25) is 0 Å². The number of fused-ring (bicyclic) bond motifs is 3. The zero-order valence-corrected chi connectivity index (χ0v) is 8.97. The van der Waals surface area contributed by atoms with Crippen molar-refractivity contribution in [3.8, 4) is 0 Å². The van der Waals surface area contributed by atoms with E-state index in [1.165, 1.54) is 22.5 Å². The zero-order chi connectivity index (χ0) is 9.54. The summed E-state index contributed by atoms with van der Waals surface area (Å²) in [6.07, 6.45) is 5.73. The molecular weight excluding hydrogens is 188 g/mol. The van der Waals surface area contributed by atoms with Crippen molar-refractivity contribution in [2.45, 2.75) is 24.2 Å². The van der Waals surface area contributed by atoms with Crippen LogP contribution in [0.1, 0.15) is 24.8 Å². The van der Waals surface area contributed by atoms with Crippen molar-refractivity contribution < 1.29 is 0 Å². The Morgan fingerprint density at radius 1 is 1.29 bits per heavy atom. The zero-order valence-electron chi connectivity index (χ0n) is 8.16. The first kappa shape index (κ1) is 8.37. The monoisotopic (exact) mass is 200 g/mol. The average molecular weight is 200 g/mol. The van der Waals surface area contributed by atoms with E-state index in [2.05, 4.69) is 43.3 Å². The maximum atomic E-state index is 2.30. The Kier molecular flexibility index (Phi) is 1.81. The maximum Gasteiger partial charge on any atom is 0.0201 e. The summed E-state index contributed by atoms with van der Waals surface area (Å²) in [5.41, 5.74) is 2.97. The predicted octanol–water partition coefficient (Wildman–Crippen LogP) is 4.11. The molecule has 0 nitrogen and oxygen atoms in total. The van der Waals surface area contributed by atoms with Gasteiger partial charge >= 0.3 is 0 Å². The molecule has 0 N–H and O–H groups in total. The number of allylic oxidation sites excluding steroid dienone is 4. The molecule has 70 valence electrons. The molecule has 2 aliphatic rings. The van der Waals surface area contributed by atoms with E-state index in [9.17, 15) is 0 Å². The van der Waals surface area contributed by atoms with Crippen LogP contribution in [-0.2, 0) is 0 Å². The molecule has 0 bridgehead atoms. The molecule has 3 rings (SSSR count). The number of benzene rings is 1. The molecule has 1 atom stereocenters. The molecular formula is C13H12S. The molecule has 0 aromatic heterocycles. The standard InChI is InChI=1S/C13H12S/c1-9-5-4-7-11-10-6-2-3-8-12(10)14-13(9)11/h2-6,8,11H,7H2,1H3. The van der Waals surface area contributed by atoms with Gasteiger partial charge in [0.1, 0.15) is 0 Å². The summed E-state index contributed by atoms with van der Waals surface area (Å²) in [6.45, 7) is 2.22. The number of thioether (sulfide) groups is 1. The lowest BCUT2D eigenvalue weighted by atomic mass is 9.90. The SMILES string of the molecule is CC1=C2Sc3ccccc3C2CC=C1. The van der Waals surface area contributed by atoms with Crippen LogP contribution >= 0.6 is 11.8 Å². The summed E-state index contributed by atoms with van der Waals surface area (Å²) >= 11 is 1.96. The summed E-state index contributed by atoms with van der Waals surface area (Å²) in [4.78, 5) is 3.02. The van der Waals surface area contributed by atoms with Crippen molar-refractivity contribution in [1.82, 2.24) is 0 Å². The average Bonchev–Trinajstić information content (AvgIpc) is 2.59. The van der Waals surface area contributed by atoms with E-state index in [0.717, 1.165) is 0 Å². The Morgan fingerprint density at radius 2 is 2.14 bits per heavy atom. The fourth-order valence-corrected chi connectivity index (χ4v) is 3.55. The molecule has 1 aliphatic heterocycles. The Hall–Kier alpha value is -0.950. The fraction of sp³-hybridized carbons (Fsp3) is 0.231. The van der Waals surface area contributed by atoms with Gasteiger partial charge in [-0.1, -0.05) is 42.1 Å². The largest absolute Gasteiger partial charge is 0.0933 e. The van der Waals surface area contributed by atoms with Gasteiger partial charge in [-0.3, -0.25) is 0 Å². The van der Waals surface area contributed by atoms with E-state index < -0.39 is 0 Å². The lowest BCUT2D eigenvalue weighted by Crippen LogP contribution is -1.98. The number of hydrogen-bond acceptors (Lipinski definition) is 1. The van der Waals surface area contributed by atoms with Crippen molar-refractivity contribution in [2.24, 2.45) is 0 Å². The van der Waals surface area contributed by atoms with Gasteiger partial charge in [-0.25, -0.2) is 0 Å². The van der Waals surface area contributed by atoms with Crippen LogP contribution < -0.4 is 0 Å². The Bertz CT molecular complexity index is 440. The second-order valence-electron chi connectivity index (χ2n) is 3.88. The molecule has 1 unspecified atom stereocenters. The topological polar surface area (TPSA) is 0 Å². The number of rotatable bonds is 0. The fourth-order valence-electron chi connectivity index (χ4n) is 2.24. The van der Waals surface area contributed by atoms with Crippen LogP contribution in [0.3, 0.4) is 0 Å². The molecule has 0 radical (unpaired) electrons. The Labute approximate surface area is 88.7 Å². The molecule has 1 aromatic rings. The third-order valence-electron chi connectivity index (χ3n) is 2.96. The van der Waals surface area contributed by atoms with Crippen molar-refractivity contribution in [3.63, 3.8) is 0 Å². The minimum atomic E-state index is 0.654. The number of hydrogen-bond donors (Lipinski definition) is 0. The van der Waals surface area contributed by atoms with Crippen molar-refractivity contribution >= 4 is 11.8 Å². The van der Waals surface area contributed by atoms with Gasteiger partial charge in [0.25, 0.3) is 0 Å². The van der Waals surface area contributed by atoms with Gasteiger partial charge in [0.2, 0.25) is 0 Å². The smallest absolute Gasteiger partial charge is 0.0201 e. The minimum Gasteiger partial charge on any atom is -0.0933 e. The van der Waals surface area contributed by atoms with E-state index in [1.54, 1.807) is 4.91 Å². The first-order valence-corrected chi connectivity index (χ1v) is 5.82. The second kappa shape index (κ2) is 3.03. The van der Waals surface area contributed by atoms with Gasteiger partial charge in [-0.2, -0.15) is 0 Å². The summed E-state index contributed by atoms with van der Waals surface area (Å²) < 4.78 is 0. The van der Waals surface area contributed by atoms with E-state index >= 15 is 0 Å². The summed E-state index contributed by atoms with van der Waals surface area (Å²) in [5.74, 6) is 0.654. The highest BCUT2D eigenvalue weighted by Crippen LogP contribution is 2.52. The van der Waals surface area contributed by atoms with Crippen LogP contribution in [0.5, 0.6) is 0 Å². The molecule has 0 fully saturated rings. The van der Waals surface area contributed by atoms with Crippen LogP contribution in [0.4, 0.5) is 0 Å². The van der Waals surface area contributed by atoms with Crippen LogP contribution in [0, 0.1) is 0 Å². The Morgan fingerprint density at radius 3 is 3.07 bits per heavy atom. The first-order chi connectivity index (χ1) is 6.86. The van der Waals surface area contributed by atoms with Crippen LogP contribution in [-0.4, -0.2) is 0 Å². The van der Waals surface area contributed by atoms with E-state index in [4.69, 9.17) is 0 Å². The van der Waals surface area contributed by atoms with Gasteiger partial charge < -0.3 is 0 Å². The molecule has 0 spiro atoms. The highest BCUT2D eigenvalue weighted by molar-refractivity contribution is 8.03. The molecule has 14 heavy (non-hydrogen) atoms. The van der Waals surface area contributed by atoms with Crippen LogP contribution in [0.25, 0.3) is 0 Å². The van der Waals surface area contributed by atoms with Crippen molar-refractivity contribution in [3.05, 3.63) is 52.5 Å². The van der Waals surface area contributed by atoms with E-state index in [1.807, 2.05) is 11.8 Å².